The fourth-order valence-electron chi connectivity index (χ4n) is 4.80. The number of hydrogen-bond acceptors (Lipinski definition) is 2. The zero-order valence-electron chi connectivity index (χ0n) is 30.6. The minimum Gasteiger partial charge on any atom is -0.434 e. The molecule has 0 fully saturated rings. The van der Waals surface area contributed by atoms with Crippen LogP contribution in [-0.2, 0) is 21.7 Å². The van der Waals surface area contributed by atoms with Gasteiger partial charge in [-0.25, -0.2) is 41.8 Å². The molecule has 0 radical (unpaired) electrons. The number of unbranched alkanes of at least 4 members (excludes halogenated alkanes) is 4. The summed E-state index contributed by atoms with van der Waals surface area (Å²) in [4.78, 5) is 0. The molecule has 0 aliphatic rings. The quantitative estimate of drug-likeness (QED) is 0.0523. The third-order valence-corrected chi connectivity index (χ3v) is 8.72. The summed E-state index contributed by atoms with van der Waals surface area (Å²) >= 11 is 0. The molecule has 0 amide bonds. The van der Waals surface area contributed by atoms with Gasteiger partial charge in [-0.2, -0.15) is 36.4 Å². The van der Waals surface area contributed by atoms with Gasteiger partial charge >= 0.3 is 21.7 Å². The average Bonchev–Trinajstić information content (AvgIpc) is 3.85. The average molecular weight is 715 g/mol. The van der Waals surface area contributed by atoms with Crippen LogP contribution in [0.25, 0.3) is 0 Å². The first kappa shape index (κ1) is 46.2. The maximum Gasteiger partial charge on any atom is 4.00 e. The first-order chi connectivity index (χ1) is 23.0. The van der Waals surface area contributed by atoms with Gasteiger partial charge in [0.1, 0.15) is 0 Å². The Balaban J connectivity index is 0.000000717. The van der Waals surface area contributed by atoms with Gasteiger partial charge in [0.15, 0.2) is 0 Å². The van der Waals surface area contributed by atoms with E-state index < -0.39 is 23.3 Å². The summed E-state index contributed by atoms with van der Waals surface area (Å²) in [6.07, 6.45) is 11.6. The van der Waals surface area contributed by atoms with Crippen LogP contribution in [0, 0.1) is 46.2 Å². The third kappa shape index (κ3) is 21.1. The first-order valence-corrected chi connectivity index (χ1v) is 17.6. The van der Waals surface area contributed by atoms with E-state index in [1.807, 2.05) is 72.8 Å². The van der Waals surface area contributed by atoms with Crippen LogP contribution < -0.4 is 10.6 Å². The van der Waals surface area contributed by atoms with Crippen molar-refractivity contribution < 1.29 is 39.3 Å². The first-order valence-electron chi connectivity index (χ1n) is 17.6. The van der Waals surface area contributed by atoms with Gasteiger partial charge in [-0.05, 0) is 47.9 Å². The molecular formula is C42H58F4N2Ti. The van der Waals surface area contributed by atoms with Crippen LogP contribution in [0.1, 0.15) is 106 Å². The van der Waals surface area contributed by atoms with Crippen molar-refractivity contribution >= 4 is 11.4 Å². The molecule has 268 valence electrons. The van der Waals surface area contributed by atoms with E-state index in [9.17, 15) is 17.6 Å². The molecule has 0 saturated heterocycles. The molecule has 4 aromatic rings. The molecule has 0 heterocycles. The summed E-state index contributed by atoms with van der Waals surface area (Å²) in [6, 6.07) is 29.4. The van der Waals surface area contributed by atoms with E-state index in [-0.39, 0.29) is 32.5 Å². The van der Waals surface area contributed by atoms with Crippen LogP contribution in [0.15, 0.2) is 84.9 Å². The van der Waals surface area contributed by atoms with E-state index in [1.54, 1.807) is 0 Å². The van der Waals surface area contributed by atoms with Crippen LogP contribution in [0.2, 0.25) is 0 Å². The SMILES string of the molecule is CCCCCC(C)(CC)CNc1ccc(F)[c-]c1F.CCCCCC(C)(CC)CNc1ccc(F)[c-]c1F.[Ti+4].c1cc[cH-]c1.c1cc[cH-]c1. The summed E-state index contributed by atoms with van der Waals surface area (Å²) < 4.78 is 52.5. The Morgan fingerprint density at radius 2 is 0.918 bits per heavy atom. The summed E-state index contributed by atoms with van der Waals surface area (Å²) in [7, 11) is 0. The van der Waals surface area contributed by atoms with Gasteiger partial charge in [-0.15, -0.1) is 36.4 Å². The van der Waals surface area contributed by atoms with Crippen LogP contribution >= 0.6 is 0 Å². The van der Waals surface area contributed by atoms with E-state index >= 15 is 0 Å². The molecule has 0 saturated carbocycles. The largest absolute Gasteiger partial charge is 4.00 e. The normalized spacial score (nSPS) is 12.6. The number of halogens is 4. The third-order valence-electron chi connectivity index (χ3n) is 8.72. The van der Waals surface area contributed by atoms with Gasteiger partial charge in [0, 0.05) is 36.4 Å². The molecule has 0 aromatic heterocycles. The zero-order valence-corrected chi connectivity index (χ0v) is 32.1. The second kappa shape index (κ2) is 27.0. The molecule has 0 spiro atoms. The predicted molar refractivity (Wildman–Crippen MR) is 197 cm³/mol. The van der Waals surface area contributed by atoms with Gasteiger partial charge in [0.2, 0.25) is 0 Å². The second-order valence-electron chi connectivity index (χ2n) is 12.9. The van der Waals surface area contributed by atoms with E-state index in [1.165, 1.54) is 62.8 Å². The molecule has 0 bridgehead atoms. The van der Waals surface area contributed by atoms with Crippen LogP contribution in [0.5, 0.6) is 0 Å². The second-order valence-corrected chi connectivity index (χ2v) is 12.9. The molecule has 2 N–H and O–H groups in total. The van der Waals surface area contributed by atoms with E-state index in [4.69, 9.17) is 0 Å². The van der Waals surface area contributed by atoms with Gasteiger partial charge < -0.3 is 10.6 Å². The topological polar surface area (TPSA) is 24.1 Å². The van der Waals surface area contributed by atoms with Gasteiger partial charge in [-0.3, -0.25) is 0 Å². The maximum atomic E-state index is 13.5. The molecule has 4 rings (SSSR count). The van der Waals surface area contributed by atoms with Gasteiger partial charge in [-0.1, -0.05) is 80.1 Å². The van der Waals surface area contributed by atoms with Gasteiger partial charge in [0.25, 0.3) is 0 Å². The molecule has 7 heteroatoms. The van der Waals surface area contributed by atoms with Crippen molar-refractivity contribution in [1.29, 1.82) is 0 Å². The molecule has 4 aromatic carbocycles. The maximum absolute atomic E-state index is 13.5. The van der Waals surface area contributed by atoms with Crippen molar-refractivity contribution in [2.24, 2.45) is 10.8 Å². The summed E-state index contributed by atoms with van der Waals surface area (Å²) in [5.41, 5.74) is 0.958. The summed E-state index contributed by atoms with van der Waals surface area (Å²) in [6.45, 7) is 14.5. The van der Waals surface area contributed by atoms with Crippen molar-refractivity contribution in [3.8, 4) is 0 Å². The molecule has 0 aliphatic carbocycles. The number of benzene rings is 2. The Bertz CT molecular complexity index is 1180. The van der Waals surface area contributed by atoms with Gasteiger partial charge in [0.05, 0.1) is 0 Å². The number of anilines is 2. The zero-order chi connectivity index (χ0) is 35.7. The Morgan fingerprint density at radius 3 is 1.16 bits per heavy atom. The monoisotopic (exact) mass is 714 g/mol. The fourth-order valence-corrected chi connectivity index (χ4v) is 4.80. The number of nitrogens with one attached hydrogen (secondary N) is 2. The number of hydrogen-bond donors (Lipinski definition) is 2. The smallest absolute Gasteiger partial charge is 0.434 e. The molecule has 2 nitrogen and oxygen atoms in total. The van der Waals surface area contributed by atoms with Crippen molar-refractivity contribution in [3.05, 3.63) is 120 Å². The van der Waals surface area contributed by atoms with Crippen LogP contribution in [0.4, 0.5) is 28.9 Å². The summed E-state index contributed by atoms with van der Waals surface area (Å²) in [5, 5.41) is 6.17. The van der Waals surface area contributed by atoms with Crippen molar-refractivity contribution in [1.82, 2.24) is 0 Å². The Hall–Kier alpha value is -2.83. The van der Waals surface area contributed by atoms with E-state index in [2.05, 4.69) is 52.2 Å². The molecular weight excluding hydrogens is 656 g/mol. The van der Waals surface area contributed by atoms with E-state index in [0.717, 1.165) is 25.7 Å². The number of rotatable bonds is 16. The Kier molecular flexibility index (Phi) is 25.4. The minimum atomic E-state index is -0.663. The summed E-state index contributed by atoms with van der Waals surface area (Å²) in [5.74, 6) is -2.62. The Morgan fingerprint density at radius 1 is 0.571 bits per heavy atom. The molecule has 2 atom stereocenters. The van der Waals surface area contributed by atoms with E-state index in [0.29, 0.717) is 24.5 Å². The van der Waals surface area contributed by atoms with Crippen LogP contribution in [-0.4, -0.2) is 13.1 Å². The molecule has 0 aliphatic heterocycles. The van der Waals surface area contributed by atoms with Crippen LogP contribution in [0.3, 0.4) is 0 Å². The fraction of sp³-hybridized carbons (Fsp3) is 0.476. The Labute approximate surface area is 310 Å². The predicted octanol–water partition coefficient (Wildman–Crippen LogP) is 13.2. The standard InChI is InChI=1S/2C16H24F2N.2C5H5.Ti/c2*1-4-6-7-10-16(3,5-2)12-19-15-9-8-13(17)11-14(15)18;2*1-2-4-5-3-1;/h2*8-9,19H,4-7,10,12H2,1-3H3;2*1-5H;/q4*-1;+4. The van der Waals surface area contributed by atoms with Crippen molar-refractivity contribution in [2.75, 3.05) is 23.7 Å². The molecule has 2 unspecified atom stereocenters. The van der Waals surface area contributed by atoms with Crippen molar-refractivity contribution in [3.63, 3.8) is 0 Å². The van der Waals surface area contributed by atoms with Crippen molar-refractivity contribution in [2.45, 2.75) is 106 Å². The molecule has 49 heavy (non-hydrogen) atoms. The minimum absolute atomic E-state index is 0.